The van der Waals surface area contributed by atoms with Crippen molar-refractivity contribution in [2.45, 2.75) is 225 Å². The molecule has 4 N–H and O–H groups in total. The number of nitrogens with two attached hydrogens (primary N) is 1. The zero-order valence-electron chi connectivity index (χ0n) is 32.7. The van der Waals surface area contributed by atoms with Crippen LogP contribution in [0.25, 0.3) is 0 Å². The number of carboxylic acid groups (broad SMARTS) is 1. The lowest BCUT2D eigenvalue weighted by Crippen LogP contribution is -2.40. The van der Waals surface area contributed by atoms with Gasteiger partial charge < -0.3 is 20.9 Å². The van der Waals surface area contributed by atoms with Crippen LogP contribution in [0.3, 0.4) is 0 Å². The summed E-state index contributed by atoms with van der Waals surface area (Å²) >= 11 is 0. The molecule has 2 atom stereocenters. The molecule has 0 fully saturated rings. The Balaban J connectivity index is 4.24. The Bertz CT molecular complexity index is 843. The molecule has 0 saturated carbocycles. The van der Waals surface area contributed by atoms with Gasteiger partial charge in [0.25, 0.3) is 0 Å². The van der Waals surface area contributed by atoms with E-state index in [2.05, 4.69) is 43.5 Å². The highest BCUT2D eigenvalue weighted by Crippen LogP contribution is 2.16. The summed E-state index contributed by atoms with van der Waals surface area (Å²) in [5, 5.41) is 11.9. The second-order valence-corrected chi connectivity index (χ2v) is 14.4. The number of esters is 1. The average molecular weight is 705 g/mol. The minimum atomic E-state index is -1.01. The van der Waals surface area contributed by atoms with Crippen molar-refractivity contribution >= 4 is 17.8 Å². The molecule has 0 aromatic heterocycles. The lowest BCUT2D eigenvalue weighted by molar-refractivity contribution is -0.147. The van der Waals surface area contributed by atoms with E-state index >= 15 is 0 Å². The fraction of sp³-hybridized carbons (Fsp3) is 0.837. The van der Waals surface area contributed by atoms with Gasteiger partial charge in [0.05, 0.1) is 0 Å². The van der Waals surface area contributed by atoms with Gasteiger partial charge >= 0.3 is 11.9 Å². The molecular formula is C43H80N2O5. The lowest BCUT2D eigenvalue weighted by atomic mass is 10.1. The highest BCUT2D eigenvalue weighted by Gasteiger charge is 2.19. The first kappa shape index (κ1) is 47.8. The topological polar surface area (TPSA) is 119 Å². The fourth-order valence-corrected chi connectivity index (χ4v) is 6.24. The van der Waals surface area contributed by atoms with Gasteiger partial charge in [-0.3, -0.25) is 9.59 Å². The minimum Gasteiger partial charge on any atom is -0.480 e. The Labute approximate surface area is 308 Å². The minimum absolute atomic E-state index is 0.0914. The van der Waals surface area contributed by atoms with Gasteiger partial charge in [-0.2, -0.15) is 0 Å². The first-order valence-corrected chi connectivity index (χ1v) is 21.2. The Kier molecular flexibility index (Phi) is 36.5. The Morgan fingerprint density at radius 2 is 1.04 bits per heavy atom. The maximum absolute atomic E-state index is 12.7. The van der Waals surface area contributed by atoms with Crippen molar-refractivity contribution in [1.29, 1.82) is 0 Å². The van der Waals surface area contributed by atoms with E-state index in [9.17, 15) is 19.5 Å². The zero-order chi connectivity index (χ0) is 36.8. The van der Waals surface area contributed by atoms with Gasteiger partial charge in [0.2, 0.25) is 5.91 Å². The summed E-state index contributed by atoms with van der Waals surface area (Å²) in [6.07, 6.45) is 42.4. The van der Waals surface area contributed by atoms with Gasteiger partial charge in [0.15, 0.2) is 0 Å². The maximum Gasteiger partial charge on any atom is 0.326 e. The molecule has 1 amide bonds. The number of ether oxygens (including phenoxy) is 1. The number of carbonyl (C=O) groups is 3. The van der Waals surface area contributed by atoms with Crippen LogP contribution in [-0.4, -0.2) is 41.6 Å². The number of carboxylic acids is 1. The zero-order valence-corrected chi connectivity index (χ0v) is 32.7. The largest absolute Gasteiger partial charge is 0.480 e. The second kappa shape index (κ2) is 38.1. The molecule has 0 aliphatic rings. The highest BCUT2D eigenvalue weighted by molar-refractivity contribution is 5.83. The van der Waals surface area contributed by atoms with E-state index < -0.39 is 12.0 Å². The first-order chi connectivity index (χ1) is 24.4. The Morgan fingerprint density at radius 3 is 1.56 bits per heavy atom. The average Bonchev–Trinajstić information content (AvgIpc) is 3.10. The molecule has 2 unspecified atom stereocenters. The molecule has 50 heavy (non-hydrogen) atoms. The maximum atomic E-state index is 12.7. The van der Waals surface area contributed by atoms with Crippen LogP contribution in [0.15, 0.2) is 24.3 Å². The molecule has 7 nitrogen and oxygen atoms in total. The fourth-order valence-electron chi connectivity index (χ4n) is 6.24. The monoisotopic (exact) mass is 705 g/mol. The number of aliphatic carboxylic acids is 1. The summed E-state index contributed by atoms with van der Waals surface area (Å²) in [5.74, 6) is -1.33. The molecule has 0 spiro atoms. The molecule has 292 valence electrons. The Morgan fingerprint density at radius 1 is 0.580 bits per heavy atom. The molecule has 0 radical (unpaired) electrons. The predicted octanol–water partition coefficient (Wildman–Crippen LogP) is 11.7. The predicted molar refractivity (Wildman–Crippen MR) is 211 cm³/mol. The van der Waals surface area contributed by atoms with Crippen molar-refractivity contribution in [3.8, 4) is 0 Å². The molecule has 0 aromatic rings. The molecule has 0 saturated heterocycles. The van der Waals surface area contributed by atoms with Crippen molar-refractivity contribution in [2.24, 2.45) is 5.73 Å². The SMILES string of the molecule is CCCCCCCC/C=C\CCCCCCCCCC(=O)OC(/C=C\CCCCCCCC)CCCCCCC(=O)NC(CCCN)C(=O)O. The van der Waals surface area contributed by atoms with Gasteiger partial charge in [-0.1, -0.05) is 141 Å². The number of nitrogens with one attached hydrogen (secondary N) is 1. The summed E-state index contributed by atoms with van der Waals surface area (Å²) in [4.78, 5) is 36.3. The molecule has 0 aliphatic carbocycles. The van der Waals surface area contributed by atoms with E-state index in [0.717, 1.165) is 44.9 Å². The van der Waals surface area contributed by atoms with Crippen LogP contribution in [0, 0.1) is 0 Å². The normalized spacial score (nSPS) is 12.9. The molecule has 0 rings (SSSR count). The third kappa shape index (κ3) is 34.3. The summed E-state index contributed by atoms with van der Waals surface area (Å²) in [5.41, 5.74) is 5.48. The highest BCUT2D eigenvalue weighted by atomic mass is 16.5. The molecule has 0 bridgehead atoms. The standard InChI is InChI=1S/C43H80N2O5/c1-3-5-7-9-11-13-14-15-16-17-18-19-20-21-23-25-31-37-42(47)50-39(33-28-24-22-12-10-8-6-4-2)34-29-26-27-30-36-41(46)45-40(43(48)49)35-32-38-44/h15-16,28,33,39-40H,3-14,17-27,29-32,34-38,44H2,1-2H3,(H,45,46)(H,48,49)/b16-15-,33-28-. The molecular weight excluding hydrogens is 624 g/mol. The van der Waals surface area contributed by atoms with Gasteiger partial charge in [0.1, 0.15) is 12.1 Å². The van der Waals surface area contributed by atoms with Crippen molar-refractivity contribution in [3.63, 3.8) is 0 Å². The van der Waals surface area contributed by atoms with Crippen LogP contribution in [0.2, 0.25) is 0 Å². The third-order valence-corrected chi connectivity index (χ3v) is 9.47. The van der Waals surface area contributed by atoms with Crippen LogP contribution < -0.4 is 11.1 Å². The van der Waals surface area contributed by atoms with Gasteiger partial charge in [-0.25, -0.2) is 4.79 Å². The van der Waals surface area contributed by atoms with Crippen molar-refractivity contribution in [1.82, 2.24) is 5.32 Å². The summed E-state index contributed by atoms with van der Waals surface area (Å²) < 4.78 is 5.92. The number of hydrogen-bond acceptors (Lipinski definition) is 5. The summed E-state index contributed by atoms with van der Waals surface area (Å²) in [6, 6.07) is -0.869. The second-order valence-electron chi connectivity index (χ2n) is 14.4. The number of allylic oxidation sites excluding steroid dienone is 3. The summed E-state index contributed by atoms with van der Waals surface area (Å²) in [7, 11) is 0. The van der Waals surface area contributed by atoms with Gasteiger partial charge in [-0.05, 0) is 89.7 Å². The number of hydrogen-bond donors (Lipinski definition) is 3. The lowest BCUT2D eigenvalue weighted by Gasteiger charge is -2.15. The Hall–Kier alpha value is -2.15. The van der Waals surface area contributed by atoms with Crippen molar-refractivity contribution in [2.75, 3.05) is 6.54 Å². The smallest absolute Gasteiger partial charge is 0.326 e. The number of unbranched alkanes of at least 4 members (excludes halogenated alkanes) is 22. The first-order valence-electron chi connectivity index (χ1n) is 21.2. The van der Waals surface area contributed by atoms with Crippen molar-refractivity contribution < 1.29 is 24.2 Å². The molecule has 0 aromatic carbocycles. The van der Waals surface area contributed by atoms with E-state index in [4.69, 9.17) is 10.5 Å². The van der Waals surface area contributed by atoms with Crippen LogP contribution in [0.1, 0.15) is 213 Å². The van der Waals surface area contributed by atoms with E-state index in [-0.39, 0.29) is 18.0 Å². The quantitative estimate of drug-likeness (QED) is 0.0334. The third-order valence-electron chi connectivity index (χ3n) is 9.47. The number of rotatable bonds is 38. The molecule has 0 aliphatic heterocycles. The summed E-state index contributed by atoms with van der Waals surface area (Å²) in [6.45, 7) is 4.91. The van der Waals surface area contributed by atoms with Gasteiger partial charge in [-0.15, -0.1) is 0 Å². The van der Waals surface area contributed by atoms with Crippen LogP contribution in [0.5, 0.6) is 0 Å². The van der Waals surface area contributed by atoms with Crippen molar-refractivity contribution in [3.05, 3.63) is 24.3 Å². The molecule has 0 heterocycles. The van der Waals surface area contributed by atoms with Crippen LogP contribution in [0.4, 0.5) is 0 Å². The van der Waals surface area contributed by atoms with Crippen LogP contribution >= 0.6 is 0 Å². The van der Waals surface area contributed by atoms with E-state index in [0.29, 0.717) is 38.6 Å². The molecule has 7 heteroatoms. The van der Waals surface area contributed by atoms with E-state index in [1.165, 1.54) is 122 Å². The van der Waals surface area contributed by atoms with E-state index in [1.807, 2.05) is 0 Å². The van der Waals surface area contributed by atoms with E-state index in [1.54, 1.807) is 0 Å². The number of carbonyl (C=O) groups excluding carboxylic acids is 2. The van der Waals surface area contributed by atoms with Gasteiger partial charge in [0, 0.05) is 12.8 Å². The number of amides is 1. The van der Waals surface area contributed by atoms with Crippen LogP contribution in [-0.2, 0) is 19.1 Å².